The summed E-state index contributed by atoms with van der Waals surface area (Å²) in [5.41, 5.74) is 16.7. The van der Waals surface area contributed by atoms with Gasteiger partial charge in [-0.05, 0) is 68.5 Å². The second-order valence-corrected chi connectivity index (χ2v) is 13.1. The van der Waals surface area contributed by atoms with Crippen molar-refractivity contribution in [3.63, 3.8) is 0 Å². The van der Waals surface area contributed by atoms with E-state index in [1.165, 1.54) is 55.6 Å². The molecule has 0 aliphatic heterocycles. The Balaban J connectivity index is 1.13. The summed E-state index contributed by atoms with van der Waals surface area (Å²) in [7, 11) is 0. The Morgan fingerprint density at radius 1 is 0.383 bits per heavy atom. The van der Waals surface area contributed by atoms with Gasteiger partial charge in [-0.2, -0.15) is 0 Å². The fourth-order valence-electron chi connectivity index (χ4n) is 7.91. The Kier molecular flexibility index (Phi) is 6.29. The van der Waals surface area contributed by atoms with Gasteiger partial charge in [0, 0.05) is 22.1 Å². The van der Waals surface area contributed by atoms with E-state index in [0.717, 1.165) is 29.5 Å². The molecule has 0 N–H and O–H groups in total. The van der Waals surface area contributed by atoms with Crippen molar-refractivity contribution < 1.29 is 0 Å². The molecule has 47 heavy (non-hydrogen) atoms. The highest BCUT2D eigenvalue weighted by Crippen LogP contribution is 2.55. The predicted molar refractivity (Wildman–Crippen MR) is 192 cm³/mol. The van der Waals surface area contributed by atoms with Gasteiger partial charge < -0.3 is 0 Å². The number of benzene rings is 6. The molecule has 2 aliphatic rings. The van der Waals surface area contributed by atoms with Gasteiger partial charge in [0.2, 0.25) is 0 Å². The third-order valence-electron chi connectivity index (χ3n) is 10.0. The summed E-state index contributed by atoms with van der Waals surface area (Å²) in [5, 5.41) is 0. The summed E-state index contributed by atoms with van der Waals surface area (Å²) in [5.74, 6) is 2.01. The maximum Gasteiger partial charge on any atom is 0.164 e. The largest absolute Gasteiger partial charge is 0.208 e. The molecule has 0 amide bonds. The monoisotopic (exact) mass is 603 g/mol. The molecule has 3 nitrogen and oxygen atoms in total. The van der Waals surface area contributed by atoms with E-state index in [-0.39, 0.29) is 5.41 Å². The molecular weight excluding hydrogens is 571 g/mol. The molecular formula is C44H33N3. The molecule has 7 aromatic rings. The van der Waals surface area contributed by atoms with Crippen molar-refractivity contribution >= 4 is 0 Å². The van der Waals surface area contributed by atoms with E-state index >= 15 is 0 Å². The van der Waals surface area contributed by atoms with Gasteiger partial charge in [0.1, 0.15) is 0 Å². The molecule has 0 radical (unpaired) electrons. The van der Waals surface area contributed by atoms with Gasteiger partial charge in [-0.25, -0.2) is 15.0 Å². The molecule has 1 aromatic heterocycles. The third kappa shape index (κ3) is 4.45. The Morgan fingerprint density at radius 2 is 0.872 bits per heavy atom. The number of aromatic nitrogens is 3. The van der Waals surface area contributed by atoms with E-state index < -0.39 is 0 Å². The van der Waals surface area contributed by atoms with Crippen LogP contribution in [0.25, 0.3) is 67.5 Å². The van der Waals surface area contributed by atoms with E-state index in [0.29, 0.717) is 17.5 Å². The maximum absolute atomic E-state index is 4.94. The quantitative estimate of drug-likeness (QED) is 0.201. The molecule has 0 saturated heterocycles. The van der Waals surface area contributed by atoms with E-state index in [1.807, 2.05) is 60.7 Å². The fraction of sp³-hybridized carbons (Fsp3) is 0.114. The number of fused-ring (bicyclic) bond motifs is 7. The van der Waals surface area contributed by atoms with Gasteiger partial charge in [0.05, 0.1) is 0 Å². The molecule has 3 heteroatoms. The molecule has 2 aliphatic carbocycles. The molecule has 0 spiro atoms. The SMILES string of the molecule is CC1(C)c2c(-c3ccc(-c4nc(-c5ccccc5)nc(-c5ccccc5)n4)cc3)cccc2-c2ccc3c(c21)CCc1ccccc1-3. The number of aryl methyl sites for hydroxylation is 1. The zero-order chi connectivity index (χ0) is 31.5. The second kappa shape index (κ2) is 10.7. The van der Waals surface area contributed by atoms with Crippen molar-refractivity contribution in [2.45, 2.75) is 32.1 Å². The Bertz CT molecular complexity index is 2250. The van der Waals surface area contributed by atoms with Crippen LogP contribution in [0.2, 0.25) is 0 Å². The maximum atomic E-state index is 4.94. The van der Waals surface area contributed by atoms with Gasteiger partial charge >= 0.3 is 0 Å². The zero-order valence-electron chi connectivity index (χ0n) is 26.5. The minimum absolute atomic E-state index is 0.124. The van der Waals surface area contributed by atoms with Crippen LogP contribution < -0.4 is 0 Å². The summed E-state index contributed by atoms with van der Waals surface area (Å²) in [6.07, 6.45) is 2.17. The van der Waals surface area contributed by atoms with Gasteiger partial charge in [-0.15, -0.1) is 0 Å². The van der Waals surface area contributed by atoms with Crippen LogP contribution in [-0.4, -0.2) is 15.0 Å². The highest BCUT2D eigenvalue weighted by molar-refractivity contribution is 5.92. The third-order valence-corrected chi connectivity index (χ3v) is 10.0. The van der Waals surface area contributed by atoms with Crippen molar-refractivity contribution in [1.82, 2.24) is 15.0 Å². The Labute approximate surface area is 275 Å². The molecule has 224 valence electrons. The van der Waals surface area contributed by atoms with Gasteiger partial charge in [-0.1, -0.05) is 153 Å². The molecule has 0 unspecified atom stereocenters. The summed E-state index contributed by atoms with van der Waals surface area (Å²) >= 11 is 0. The van der Waals surface area contributed by atoms with Crippen LogP contribution >= 0.6 is 0 Å². The number of hydrogen-bond acceptors (Lipinski definition) is 3. The lowest BCUT2D eigenvalue weighted by atomic mass is 9.73. The smallest absolute Gasteiger partial charge is 0.164 e. The number of rotatable bonds is 4. The predicted octanol–water partition coefficient (Wildman–Crippen LogP) is 10.6. The number of nitrogens with zero attached hydrogens (tertiary/aromatic N) is 3. The summed E-state index contributed by atoms with van der Waals surface area (Å²) in [4.78, 5) is 14.7. The van der Waals surface area contributed by atoms with Crippen molar-refractivity contribution in [2.24, 2.45) is 0 Å². The average Bonchev–Trinajstić information content (AvgIpc) is 3.38. The lowest BCUT2D eigenvalue weighted by Crippen LogP contribution is -2.20. The van der Waals surface area contributed by atoms with Crippen molar-refractivity contribution in [3.8, 4) is 67.5 Å². The van der Waals surface area contributed by atoms with Gasteiger partial charge in [-0.3, -0.25) is 0 Å². The summed E-state index contributed by atoms with van der Waals surface area (Å²) < 4.78 is 0. The first kappa shape index (κ1) is 27.6. The molecule has 6 aromatic carbocycles. The van der Waals surface area contributed by atoms with Crippen molar-refractivity contribution in [2.75, 3.05) is 0 Å². The number of hydrogen-bond donors (Lipinski definition) is 0. The Hall–Kier alpha value is -5.67. The van der Waals surface area contributed by atoms with E-state index in [2.05, 4.69) is 92.7 Å². The lowest BCUT2D eigenvalue weighted by Gasteiger charge is -2.30. The van der Waals surface area contributed by atoms with E-state index in [9.17, 15) is 0 Å². The van der Waals surface area contributed by atoms with Crippen LogP contribution in [0, 0.1) is 0 Å². The average molecular weight is 604 g/mol. The lowest BCUT2D eigenvalue weighted by molar-refractivity contribution is 0.650. The standard InChI is InChI=1S/C44H33N3/c1-44(2)39-34(18-11-19-36(39)38-27-26-35-33-17-10-9-12-28(33)24-25-37(35)40(38)44)29-20-22-32(23-21-29)43-46-41(30-13-5-3-6-14-30)45-42(47-43)31-15-7-4-8-16-31/h3-23,26-27H,24-25H2,1-2H3. The fourth-order valence-corrected chi connectivity index (χ4v) is 7.91. The Morgan fingerprint density at radius 3 is 1.53 bits per heavy atom. The molecule has 0 bridgehead atoms. The molecule has 0 saturated carbocycles. The topological polar surface area (TPSA) is 38.7 Å². The first-order valence-corrected chi connectivity index (χ1v) is 16.4. The van der Waals surface area contributed by atoms with Crippen molar-refractivity contribution in [1.29, 1.82) is 0 Å². The van der Waals surface area contributed by atoms with E-state index in [1.54, 1.807) is 0 Å². The molecule has 9 rings (SSSR count). The van der Waals surface area contributed by atoms with Crippen LogP contribution in [-0.2, 0) is 18.3 Å². The second-order valence-electron chi connectivity index (χ2n) is 13.1. The molecule has 0 atom stereocenters. The van der Waals surface area contributed by atoms with Crippen LogP contribution in [0.15, 0.2) is 140 Å². The summed E-state index contributed by atoms with van der Waals surface area (Å²) in [6, 6.07) is 49.5. The van der Waals surface area contributed by atoms with E-state index in [4.69, 9.17) is 15.0 Å². The van der Waals surface area contributed by atoms with Gasteiger partial charge in [0.25, 0.3) is 0 Å². The van der Waals surface area contributed by atoms with Crippen molar-refractivity contribution in [3.05, 3.63) is 162 Å². The molecule has 1 heterocycles. The highest BCUT2D eigenvalue weighted by atomic mass is 15.0. The zero-order valence-corrected chi connectivity index (χ0v) is 26.5. The first-order chi connectivity index (χ1) is 23.1. The first-order valence-electron chi connectivity index (χ1n) is 16.4. The minimum Gasteiger partial charge on any atom is -0.208 e. The molecule has 0 fully saturated rings. The van der Waals surface area contributed by atoms with Crippen LogP contribution in [0.5, 0.6) is 0 Å². The van der Waals surface area contributed by atoms with Crippen LogP contribution in [0.3, 0.4) is 0 Å². The summed E-state index contributed by atoms with van der Waals surface area (Å²) in [6.45, 7) is 4.83. The highest BCUT2D eigenvalue weighted by Gasteiger charge is 2.40. The minimum atomic E-state index is -0.124. The normalized spacial score (nSPS) is 13.7. The van der Waals surface area contributed by atoms with Gasteiger partial charge in [0.15, 0.2) is 17.5 Å². The van der Waals surface area contributed by atoms with Crippen LogP contribution in [0.1, 0.15) is 36.1 Å². The van der Waals surface area contributed by atoms with Crippen LogP contribution in [0.4, 0.5) is 0 Å².